The molecule has 1 heterocycles. The molecule has 0 spiro atoms. The average Bonchev–Trinajstić information content (AvgIpc) is 2.67. The number of nitrogens with zero attached hydrogens (tertiary/aromatic N) is 2. The van der Waals surface area contributed by atoms with Crippen molar-refractivity contribution in [3.8, 4) is 0 Å². The number of allylic oxidation sites excluding steroid dienone is 2. The maximum atomic E-state index is 13.5. The molecule has 1 aromatic rings. The lowest BCUT2D eigenvalue weighted by Gasteiger charge is -2.38. The number of hydrogen-bond acceptors (Lipinski definition) is 3. The summed E-state index contributed by atoms with van der Waals surface area (Å²) < 4.78 is 40.3. The van der Waals surface area contributed by atoms with Crippen LogP contribution in [0.1, 0.15) is 30.1 Å². The molecular weight excluding hydrogens is 391 g/mol. The standard InChI is InChI=1S/C20H23ClF3N3O/c1-14(7-8-18(22)25-2)17(27-11-9-20(23,24)10-12-27)13-26-19(28)15-5-3-4-6-16(15)21/h3-8,17H,2,9-13H2,1H3,(H,26,28)/b14-7+,18-8-. The van der Waals surface area contributed by atoms with Crippen molar-refractivity contribution < 1.29 is 18.0 Å². The van der Waals surface area contributed by atoms with Gasteiger partial charge in [0.15, 0.2) is 0 Å². The monoisotopic (exact) mass is 413 g/mol. The number of benzene rings is 1. The lowest BCUT2D eigenvalue weighted by atomic mass is 10.00. The molecule has 0 aromatic heterocycles. The van der Waals surface area contributed by atoms with Crippen molar-refractivity contribution in [2.45, 2.75) is 31.7 Å². The molecule has 1 amide bonds. The van der Waals surface area contributed by atoms with Gasteiger partial charge in [0.1, 0.15) is 0 Å². The van der Waals surface area contributed by atoms with Crippen molar-refractivity contribution in [3.63, 3.8) is 0 Å². The summed E-state index contributed by atoms with van der Waals surface area (Å²) in [4.78, 5) is 17.5. The number of carbonyl (C=O) groups is 1. The largest absolute Gasteiger partial charge is 0.350 e. The van der Waals surface area contributed by atoms with Gasteiger partial charge in [-0.2, -0.15) is 4.39 Å². The lowest BCUT2D eigenvalue weighted by molar-refractivity contribution is -0.0602. The summed E-state index contributed by atoms with van der Waals surface area (Å²) in [6, 6.07) is 6.27. The second-order valence-electron chi connectivity index (χ2n) is 6.66. The van der Waals surface area contributed by atoms with Crippen molar-refractivity contribution in [2.75, 3.05) is 19.6 Å². The van der Waals surface area contributed by atoms with Crippen molar-refractivity contribution in [2.24, 2.45) is 4.99 Å². The number of halogens is 4. The van der Waals surface area contributed by atoms with Gasteiger partial charge in [-0.1, -0.05) is 35.4 Å². The predicted molar refractivity (Wildman–Crippen MR) is 106 cm³/mol. The molecule has 28 heavy (non-hydrogen) atoms. The summed E-state index contributed by atoms with van der Waals surface area (Å²) in [7, 11) is 0. The number of hydrogen-bond donors (Lipinski definition) is 1. The zero-order valence-electron chi connectivity index (χ0n) is 15.6. The summed E-state index contributed by atoms with van der Waals surface area (Å²) in [5.74, 6) is -3.79. The van der Waals surface area contributed by atoms with Crippen LogP contribution in [-0.2, 0) is 0 Å². The molecule has 0 aliphatic carbocycles. The summed E-state index contributed by atoms with van der Waals surface area (Å²) in [5, 5.41) is 3.12. The van der Waals surface area contributed by atoms with Crippen LogP contribution in [0.15, 0.2) is 52.9 Å². The Hall–Kier alpha value is -2.12. The van der Waals surface area contributed by atoms with Gasteiger partial charge in [-0.3, -0.25) is 9.69 Å². The summed E-state index contributed by atoms with van der Waals surface area (Å²) in [5.41, 5.74) is 1.04. The first-order chi connectivity index (χ1) is 13.2. The minimum Gasteiger partial charge on any atom is -0.350 e. The van der Waals surface area contributed by atoms with Crippen LogP contribution in [-0.4, -0.2) is 49.1 Å². The van der Waals surface area contributed by atoms with E-state index in [2.05, 4.69) is 17.0 Å². The third kappa shape index (κ3) is 6.21. The average molecular weight is 414 g/mol. The van der Waals surface area contributed by atoms with Crippen LogP contribution in [0.4, 0.5) is 13.2 Å². The third-order valence-electron chi connectivity index (χ3n) is 4.71. The highest BCUT2D eigenvalue weighted by molar-refractivity contribution is 6.33. The zero-order chi connectivity index (χ0) is 20.7. The van der Waals surface area contributed by atoms with Crippen molar-refractivity contribution in [1.29, 1.82) is 0 Å². The first kappa shape index (κ1) is 22.2. The molecule has 4 nitrogen and oxygen atoms in total. The van der Waals surface area contributed by atoms with Crippen LogP contribution in [0.2, 0.25) is 5.02 Å². The van der Waals surface area contributed by atoms with Crippen LogP contribution in [0, 0.1) is 0 Å². The Labute approximate surface area is 167 Å². The van der Waals surface area contributed by atoms with Gasteiger partial charge in [0.2, 0.25) is 5.95 Å². The highest BCUT2D eigenvalue weighted by atomic mass is 35.5. The number of alkyl halides is 2. The summed E-state index contributed by atoms with van der Waals surface area (Å²) in [6.45, 7) is 5.39. The molecule has 8 heteroatoms. The maximum Gasteiger partial charge on any atom is 0.252 e. The molecule has 152 valence electrons. The normalized spacial score (nSPS) is 19.2. The van der Waals surface area contributed by atoms with E-state index < -0.39 is 11.9 Å². The highest BCUT2D eigenvalue weighted by Gasteiger charge is 2.36. The van der Waals surface area contributed by atoms with Gasteiger partial charge in [-0.15, -0.1) is 0 Å². The third-order valence-corrected chi connectivity index (χ3v) is 5.03. The molecule has 1 atom stereocenters. The fourth-order valence-corrected chi connectivity index (χ4v) is 3.26. The van der Waals surface area contributed by atoms with Crippen molar-refractivity contribution >= 4 is 24.2 Å². The topological polar surface area (TPSA) is 44.7 Å². The van der Waals surface area contributed by atoms with Crippen molar-refractivity contribution in [1.82, 2.24) is 10.2 Å². The molecule has 0 bridgehead atoms. The molecule has 1 aliphatic rings. The maximum absolute atomic E-state index is 13.5. The van der Waals surface area contributed by atoms with Gasteiger partial charge in [0, 0.05) is 38.5 Å². The lowest BCUT2D eigenvalue weighted by Crippen LogP contribution is -2.50. The number of nitrogens with one attached hydrogen (secondary N) is 1. The van der Waals surface area contributed by atoms with E-state index in [1.165, 1.54) is 6.08 Å². The molecule has 1 saturated heterocycles. The number of aliphatic imine (C=N–C) groups is 1. The molecule has 1 aliphatic heterocycles. The van der Waals surface area contributed by atoms with Crippen LogP contribution >= 0.6 is 11.6 Å². The van der Waals surface area contributed by atoms with Crippen molar-refractivity contribution in [3.05, 3.63) is 58.5 Å². The van der Waals surface area contributed by atoms with Gasteiger partial charge in [-0.05, 0) is 31.9 Å². The van der Waals surface area contributed by atoms with Gasteiger partial charge >= 0.3 is 0 Å². The number of piperidine rings is 1. The van der Waals surface area contributed by atoms with E-state index in [9.17, 15) is 18.0 Å². The van der Waals surface area contributed by atoms with E-state index in [4.69, 9.17) is 11.6 Å². The Morgan fingerprint density at radius 1 is 1.36 bits per heavy atom. The second-order valence-corrected chi connectivity index (χ2v) is 7.06. The van der Waals surface area contributed by atoms with E-state index in [1.54, 1.807) is 31.2 Å². The van der Waals surface area contributed by atoms with Crippen LogP contribution in [0.3, 0.4) is 0 Å². The molecule has 0 saturated carbocycles. The summed E-state index contributed by atoms with van der Waals surface area (Å²) >= 11 is 6.05. The number of carbonyl (C=O) groups excluding carboxylic acids is 1. The van der Waals surface area contributed by atoms with E-state index in [-0.39, 0.29) is 44.4 Å². The highest BCUT2D eigenvalue weighted by Crippen LogP contribution is 2.29. The van der Waals surface area contributed by atoms with E-state index in [0.717, 1.165) is 6.08 Å². The second kappa shape index (κ2) is 9.89. The first-order valence-corrected chi connectivity index (χ1v) is 9.26. The molecular formula is C20H23ClF3N3O. The van der Waals surface area contributed by atoms with Gasteiger partial charge < -0.3 is 5.32 Å². The van der Waals surface area contributed by atoms with E-state index in [1.807, 2.05) is 4.90 Å². The van der Waals surface area contributed by atoms with Crippen LogP contribution < -0.4 is 5.32 Å². The van der Waals surface area contributed by atoms with Gasteiger partial charge in [-0.25, -0.2) is 13.8 Å². The quantitative estimate of drug-likeness (QED) is 0.402. The SMILES string of the molecule is C=N/C(F)=C\C=C(/C)C(CNC(=O)c1ccccc1Cl)N1CCC(F)(F)CC1. The van der Waals surface area contributed by atoms with Crippen LogP contribution in [0.5, 0.6) is 0 Å². The Balaban J connectivity index is 2.15. The number of likely N-dealkylation sites (tertiary alicyclic amines) is 1. The molecule has 1 N–H and O–H groups in total. The summed E-state index contributed by atoms with van der Waals surface area (Å²) in [6.07, 6.45) is 2.16. The van der Waals surface area contributed by atoms with E-state index >= 15 is 0 Å². The van der Waals surface area contributed by atoms with Gasteiger partial charge in [0.05, 0.1) is 10.6 Å². The Morgan fingerprint density at radius 3 is 2.61 bits per heavy atom. The van der Waals surface area contributed by atoms with E-state index in [0.29, 0.717) is 16.2 Å². The minimum absolute atomic E-state index is 0.176. The molecule has 2 rings (SSSR count). The minimum atomic E-state index is -2.68. The Morgan fingerprint density at radius 2 is 2.00 bits per heavy atom. The molecule has 0 radical (unpaired) electrons. The molecule has 1 unspecified atom stereocenters. The number of rotatable bonds is 7. The zero-order valence-corrected chi connectivity index (χ0v) is 16.4. The predicted octanol–water partition coefficient (Wildman–Crippen LogP) is 4.63. The molecule has 1 fully saturated rings. The molecule has 1 aromatic carbocycles. The fourth-order valence-electron chi connectivity index (χ4n) is 3.03. The first-order valence-electron chi connectivity index (χ1n) is 8.89. The Kier molecular flexibility index (Phi) is 7.83. The number of amides is 1. The fraction of sp³-hybridized carbons (Fsp3) is 0.400. The van der Waals surface area contributed by atoms with Gasteiger partial charge in [0.25, 0.3) is 11.8 Å². The Bertz CT molecular complexity index is 770. The van der Waals surface area contributed by atoms with Crippen LogP contribution in [0.25, 0.3) is 0 Å². The smallest absolute Gasteiger partial charge is 0.252 e.